The second kappa shape index (κ2) is 5.93. The molecule has 102 valence electrons. The molecule has 19 heavy (non-hydrogen) atoms. The van der Waals surface area contributed by atoms with Crippen LogP contribution in [0.3, 0.4) is 0 Å². The van der Waals surface area contributed by atoms with Crippen molar-refractivity contribution < 1.29 is 14.8 Å². The summed E-state index contributed by atoms with van der Waals surface area (Å²) in [6, 6.07) is 5.78. The largest absolute Gasteiger partial charge is 0.388 e. The number of hydrogen-bond donors (Lipinski definition) is 1. The van der Waals surface area contributed by atoms with Crippen LogP contribution in [-0.2, 0) is 4.79 Å². The molecular formula is C14H17NO4. The summed E-state index contributed by atoms with van der Waals surface area (Å²) < 4.78 is 0. The molecule has 2 atom stereocenters. The van der Waals surface area contributed by atoms with Crippen LogP contribution < -0.4 is 0 Å². The average Bonchev–Trinajstić information content (AvgIpc) is 2.63. The van der Waals surface area contributed by atoms with Gasteiger partial charge in [0.25, 0.3) is 5.69 Å². The van der Waals surface area contributed by atoms with Gasteiger partial charge >= 0.3 is 0 Å². The van der Waals surface area contributed by atoms with E-state index in [0.29, 0.717) is 18.4 Å². The van der Waals surface area contributed by atoms with Crippen LogP contribution in [0.5, 0.6) is 0 Å². The molecule has 1 aliphatic carbocycles. The molecule has 0 radical (unpaired) electrons. The molecule has 1 fully saturated rings. The van der Waals surface area contributed by atoms with Crippen molar-refractivity contribution in [3.05, 3.63) is 39.9 Å². The van der Waals surface area contributed by atoms with Crippen LogP contribution in [0, 0.1) is 16.0 Å². The number of carbonyl (C=O) groups excluding carboxylic acids is 1. The lowest BCUT2D eigenvalue weighted by Crippen LogP contribution is -2.21. The zero-order chi connectivity index (χ0) is 13.8. The van der Waals surface area contributed by atoms with Crippen LogP contribution >= 0.6 is 0 Å². The molecule has 0 aromatic heterocycles. The fourth-order valence-electron chi connectivity index (χ4n) is 2.55. The molecule has 1 aromatic carbocycles. The van der Waals surface area contributed by atoms with E-state index in [2.05, 4.69) is 0 Å². The Hall–Kier alpha value is -1.75. The molecule has 0 aliphatic heterocycles. The van der Waals surface area contributed by atoms with E-state index in [0.717, 1.165) is 19.3 Å². The Kier molecular flexibility index (Phi) is 4.27. The van der Waals surface area contributed by atoms with Crippen LogP contribution in [0.2, 0.25) is 0 Å². The molecule has 1 saturated carbocycles. The minimum Gasteiger partial charge on any atom is -0.388 e. The first kappa shape index (κ1) is 13.7. The molecular weight excluding hydrogens is 246 g/mol. The number of hydrogen-bond acceptors (Lipinski definition) is 4. The first-order valence-corrected chi connectivity index (χ1v) is 6.54. The number of nitro groups is 1. The van der Waals surface area contributed by atoms with Crippen molar-refractivity contribution in [1.82, 2.24) is 0 Å². The Labute approximate surface area is 111 Å². The van der Waals surface area contributed by atoms with Gasteiger partial charge in [-0.2, -0.15) is 0 Å². The normalized spacial score (nSPS) is 21.7. The highest BCUT2D eigenvalue weighted by Gasteiger charge is 2.28. The first-order chi connectivity index (χ1) is 9.09. The van der Waals surface area contributed by atoms with Gasteiger partial charge in [-0.05, 0) is 30.5 Å². The van der Waals surface area contributed by atoms with Crippen LogP contribution in [0.1, 0.15) is 43.8 Å². The van der Waals surface area contributed by atoms with Gasteiger partial charge in [0.1, 0.15) is 5.78 Å². The lowest BCUT2D eigenvalue weighted by molar-refractivity contribution is -0.384. The minimum absolute atomic E-state index is 0.0110. The van der Waals surface area contributed by atoms with E-state index >= 15 is 0 Å². The van der Waals surface area contributed by atoms with Gasteiger partial charge in [0.15, 0.2) is 0 Å². The Morgan fingerprint density at radius 2 is 1.89 bits per heavy atom. The second-order valence-corrected chi connectivity index (χ2v) is 4.97. The Balaban J connectivity index is 2.15. The van der Waals surface area contributed by atoms with Gasteiger partial charge in [-0.15, -0.1) is 0 Å². The van der Waals surface area contributed by atoms with E-state index in [4.69, 9.17) is 0 Å². The summed E-state index contributed by atoms with van der Waals surface area (Å²) in [6.45, 7) is 0. The Morgan fingerprint density at radius 3 is 2.53 bits per heavy atom. The summed E-state index contributed by atoms with van der Waals surface area (Å²) in [5.74, 6) is -0.271. The summed E-state index contributed by atoms with van der Waals surface area (Å²) in [5, 5.41) is 20.8. The van der Waals surface area contributed by atoms with Gasteiger partial charge in [-0.25, -0.2) is 0 Å². The Morgan fingerprint density at radius 1 is 1.21 bits per heavy atom. The third-order valence-corrected chi connectivity index (χ3v) is 3.68. The van der Waals surface area contributed by atoms with Gasteiger partial charge in [0.05, 0.1) is 11.0 Å². The van der Waals surface area contributed by atoms with Crippen molar-refractivity contribution in [2.75, 3.05) is 0 Å². The molecule has 1 aromatic rings. The number of non-ortho nitro benzene ring substituents is 1. The van der Waals surface area contributed by atoms with E-state index in [1.165, 1.54) is 24.3 Å². The van der Waals surface area contributed by atoms with E-state index < -0.39 is 11.0 Å². The van der Waals surface area contributed by atoms with Crippen molar-refractivity contribution in [3.63, 3.8) is 0 Å². The molecule has 0 unspecified atom stereocenters. The fourth-order valence-corrected chi connectivity index (χ4v) is 2.55. The Bertz CT molecular complexity index is 469. The maximum Gasteiger partial charge on any atom is 0.269 e. The number of benzene rings is 1. The number of carbonyl (C=O) groups is 1. The SMILES string of the molecule is O=C1CCCCC[C@@H]1[C@@H](O)c1ccc([N+](=O)[O-])cc1. The number of aliphatic hydroxyl groups is 1. The molecule has 1 aliphatic rings. The van der Waals surface area contributed by atoms with E-state index in [1.54, 1.807) is 0 Å². The molecule has 0 spiro atoms. The van der Waals surface area contributed by atoms with Crippen molar-refractivity contribution in [2.45, 2.75) is 38.2 Å². The van der Waals surface area contributed by atoms with E-state index in [1.807, 2.05) is 0 Å². The summed E-state index contributed by atoms with van der Waals surface area (Å²) in [5.41, 5.74) is 0.564. The lowest BCUT2D eigenvalue weighted by Gasteiger charge is -2.20. The van der Waals surface area contributed by atoms with Crippen LogP contribution in [-0.4, -0.2) is 15.8 Å². The van der Waals surface area contributed by atoms with Crippen LogP contribution in [0.25, 0.3) is 0 Å². The van der Waals surface area contributed by atoms with Crippen molar-refractivity contribution in [1.29, 1.82) is 0 Å². The molecule has 0 heterocycles. The first-order valence-electron chi connectivity index (χ1n) is 6.54. The van der Waals surface area contributed by atoms with Gasteiger partial charge in [0.2, 0.25) is 0 Å². The molecule has 0 bridgehead atoms. The predicted molar refractivity (Wildman–Crippen MR) is 69.6 cm³/mol. The van der Waals surface area contributed by atoms with E-state index in [9.17, 15) is 20.0 Å². The monoisotopic (exact) mass is 263 g/mol. The zero-order valence-electron chi connectivity index (χ0n) is 10.6. The summed E-state index contributed by atoms with van der Waals surface area (Å²) in [4.78, 5) is 22.0. The highest BCUT2D eigenvalue weighted by Crippen LogP contribution is 2.31. The van der Waals surface area contributed by atoms with Gasteiger partial charge in [-0.1, -0.05) is 12.8 Å². The van der Waals surface area contributed by atoms with E-state index in [-0.39, 0.29) is 17.4 Å². The highest BCUT2D eigenvalue weighted by atomic mass is 16.6. The van der Waals surface area contributed by atoms with Gasteiger partial charge in [0, 0.05) is 24.5 Å². The van der Waals surface area contributed by atoms with Crippen LogP contribution in [0.4, 0.5) is 5.69 Å². The summed E-state index contributed by atoms with van der Waals surface area (Å²) in [6.07, 6.45) is 3.22. The standard InChI is InChI=1S/C14H17NO4/c16-13-5-3-1-2-4-12(13)14(17)10-6-8-11(9-7-10)15(18)19/h6-9,12,14,17H,1-5H2/t12-,14-/m0/s1. The van der Waals surface area contributed by atoms with Gasteiger partial charge < -0.3 is 5.11 Å². The summed E-state index contributed by atoms with van der Waals surface area (Å²) in [7, 11) is 0. The van der Waals surface area contributed by atoms with Crippen molar-refractivity contribution >= 4 is 11.5 Å². The number of rotatable bonds is 3. The smallest absolute Gasteiger partial charge is 0.269 e. The minimum atomic E-state index is -0.855. The maximum atomic E-state index is 11.9. The second-order valence-electron chi connectivity index (χ2n) is 4.97. The number of nitrogens with zero attached hydrogens (tertiary/aromatic N) is 1. The van der Waals surface area contributed by atoms with Crippen LogP contribution in [0.15, 0.2) is 24.3 Å². The van der Waals surface area contributed by atoms with Crippen molar-refractivity contribution in [3.8, 4) is 0 Å². The lowest BCUT2D eigenvalue weighted by atomic mass is 9.88. The number of Topliss-reactive ketones (excluding diaryl/α,β-unsaturated/α-hetero) is 1. The third kappa shape index (κ3) is 3.17. The van der Waals surface area contributed by atoms with Gasteiger partial charge in [-0.3, -0.25) is 14.9 Å². The molecule has 0 amide bonds. The molecule has 5 heteroatoms. The number of aliphatic hydroxyl groups excluding tert-OH is 1. The topological polar surface area (TPSA) is 80.4 Å². The molecule has 2 rings (SSSR count). The fraction of sp³-hybridized carbons (Fsp3) is 0.500. The maximum absolute atomic E-state index is 11.9. The quantitative estimate of drug-likeness (QED) is 0.516. The number of ketones is 1. The third-order valence-electron chi connectivity index (χ3n) is 3.68. The average molecular weight is 263 g/mol. The molecule has 1 N–H and O–H groups in total. The zero-order valence-corrected chi connectivity index (χ0v) is 10.6. The molecule has 0 saturated heterocycles. The summed E-state index contributed by atoms with van der Waals surface area (Å²) >= 11 is 0. The molecule has 5 nitrogen and oxygen atoms in total. The number of nitro benzene ring substituents is 1. The highest BCUT2D eigenvalue weighted by molar-refractivity contribution is 5.82. The predicted octanol–water partition coefficient (Wildman–Crippen LogP) is 2.78. The van der Waals surface area contributed by atoms with Crippen molar-refractivity contribution in [2.24, 2.45) is 5.92 Å².